The van der Waals surface area contributed by atoms with E-state index in [1.807, 2.05) is 24.3 Å². The molecule has 7 heteroatoms. The van der Waals surface area contributed by atoms with Crippen LogP contribution in [0.1, 0.15) is 25.0 Å². The fourth-order valence-electron chi connectivity index (χ4n) is 2.64. The van der Waals surface area contributed by atoms with Gasteiger partial charge in [-0.1, -0.05) is 56.0 Å². The third kappa shape index (κ3) is 5.58. The average molecular weight is 588 g/mol. The molecule has 2 aromatic carbocycles. The van der Waals surface area contributed by atoms with Crippen molar-refractivity contribution in [3.8, 4) is 5.75 Å². The smallest absolute Gasteiger partial charge is 0.266 e. The molecule has 1 heterocycles. The summed E-state index contributed by atoms with van der Waals surface area (Å²) in [6.45, 7) is 5.31. The number of nitrogens with zero attached hydrogens (tertiary/aromatic N) is 1. The molecule has 146 valence electrons. The summed E-state index contributed by atoms with van der Waals surface area (Å²) in [7, 11) is 0. The van der Waals surface area contributed by atoms with Gasteiger partial charge in [0, 0.05) is 10.1 Å². The van der Waals surface area contributed by atoms with Gasteiger partial charge >= 0.3 is 0 Å². The first-order valence-corrected chi connectivity index (χ1v) is 11.9. The van der Waals surface area contributed by atoms with Crippen LogP contribution >= 0.6 is 62.5 Å². The first-order chi connectivity index (χ1) is 13.3. The average Bonchev–Trinajstić information content (AvgIpc) is 2.89. The van der Waals surface area contributed by atoms with Gasteiger partial charge in [-0.25, -0.2) is 0 Å². The SMILES string of the molecule is CC(C)CN1C(=O)/C(=C/c2ccc(OCc3ccc(I)cc3)c(Br)c2)SC1=S. The Labute approximate surface area is 197 Å². The van der Waals surface area contributed by atoms with Crippen LogP contribution in [0.4, 0.5) is 0 Å². The van der Waals surface area contributed by atoms with Crippen LogP contribution in [0.2, 0.25) is 0 Å². The molecule has 0 atom stereocenters. The topological polar surface area (TPSA) is 29.5 Å². The highest BCUT2D eigenvalue weighted by atomic mass is 127. The van der Waals surface area contributed by atoms with E-state index in [1.165, 1.54) is 15.3 Å². The molecule has 0 spiro atoms. The lowest BCUT2D eigenvalue weighted by atomic mass is 10.2. The molecule has 1 fully saturated rings. The third-order valence-electron chi connectivity index (χ3n) is 3.98. The Morgan fingerprint density at radius 3 is 2.61 bits per heavy atom. The third-order valence-corrected chi connectivity index (χ3v) is 6.70. The number of carbonyl (C=O) groups is 1. The molecule has 3 nitrogen and oxygen atoms in total. The highest BCUT2D eigenvalue weighted by Gasteiger charge is 2.32. The van der Waals surface area contributed by atoms with Gasteiger partial charge in [-0.3, -0.25) is 9.69 Å². The number of ether oxygens (including phenoxy) is 1. The maximum absolute atomic E-state index is 12.6. The van der Waals surface area contributed by atoms with Crippen molar-refractivity contribution in [2.24, 2.45) is 5.92 Å². The van der Waals surface area contributed by atoms with Gasteiger partial charge in [0.2, 0.25) is 0 Å². The number of thioether (sulfide) groups is 1. The van der Waals surface area contributed by atoms with E-state index in [9.17, 15) is 4.79 Å². The maximum atomic E-state index is 12.6. The molecule has 1 aliphatic rings. The van der Waals surface area contributed by atoms with Crippen LogP contribution in [-0.2, 0) is 11.4 Å². The van der Waals surface area contributed by atoms with Crippen molar-refractivity contribution in [3.63, 3.8) is 0 Å². The van der Waals surface area contributed by atoms with Crippen molar-refractivity contribution in [2.75, 3.05) is 6.54 Å². The molecule has 3 rings (SSSR count). The number of hydrogen-bond donors (Lipinski definition) is 0. The Hall–Kier alpha value is -0.900. The first-order valence-electron chi connectivity index (χ1n) is 8.75. The summed E-state index contributed by atoms with van der Waals surface area (Å²) in [5.74, 6) is 1.13. The number of rotatable bonds is 6. The van der Waals surface area contributed by atoms with E-state index < -0.39 is 0 Å². The predicted molar refractivity (Wildman–Crippen MR) is 132 cm³/mol. The summed E-state index contributed by atoms with van der Waals surface area (Å²) in [5.41, 5.74) is 2.05. The van der Waals surface area contributed by atoms with E-state index in [0.29, 0.717) is 28.3 Å². The van der Waals surface area contributed by atoms with E-state index in [1.54, 1.807) is 4.90 Å². The lowest BCUT2D eigenvalue weighted by Crippen LogP contribution is -2.31. The van der Waals surface area contributed by atoms with Crippen LogP contribution in [0.15, 0.2) is 51.8 Å². The zero-order valence-electron chi connectivity index (χ0n) is 15.4. The fourth-order valence-corrected chi connectivity index (χ4v) is 4.79. The fraction of sp³-hybridized carbons (Fsp3) is 0.238. The molecule has 0 N–H and O–H groups in total. The molecule has 1 saturated heterocycles. The molecule has 0 aliphatic carbocycles. The lowest BCUT2D eigenvalue weighted by molar-refractivity contribution is -0.122. The molecule has 28 heavy (non-hydrogen) atoms. The lowest BCUT2D eigenvalue weighted by Gasteiger charge is -2.16. The zero-order valence-corrected chi connectivity index (χ0v) is 20.8. The number of carbonyl (C=O) groups excluding carboxylic acids is 1. The van der Waals surface area contributed by atoms with E-state index in [0.717, 1.165) is 21.3 Å². The predicted octanol–water partition coefficient (Wildman–Crippen LogP) is 6.49. The van der Waals surface area contributed by atoms with E-state index in [2.05, 4.69) is 76.6 Å². The molecule has 0 bridgehead atoms. The van der Waals surface area contributed by atoms with Crippen LogP contribution in [0.5, 0.6) is 5.75 Å². The van der Waals surface area contributed by atoms with E-state index >= 15 is 0 Å². The Morgan fingerprint density at radius 2 is 1.96 bits per heavy atom. The highest BCUT2D eigenvalue weighted by Crippen LogP contribution is 2.34. The van der Waals surface area contributed by atoms with Crippen molar-refractivity contribution in [3.05, 3.63) is 66.5 Å². The number of thiocarbonyl (C=S) groups is 1. The van der Waals surface area contributed by atoms with Gasteiger partial charge in [-0.15, -0.1) is 0 Å². The summed E-state index contributed by atoms with van der Waals surface area (Å²) in [4.78, 5) is 14.9. The Bertz CT molecular complexity index is 929. The first kappa shape index (κ1) is 21.8. The molecule has 0 unspecified atom stereocenters. The second-order valence-corrected chi connectivity index (χ2v) is 10.6. The minimum Gasteiger partial charge on any atom is -0.488 e. The Balaban J connectivity index is 1.70. The molecule has 1 aliphatic heterocycles. The summed E-state index contributed by atoms with van der Waals surface area (Å²) >= 11 is 12.6. The zero-order chi connectivity index (χ0) is 20.3. The molecule has 0 aromatic heterocycles. The minimum absolute atomic E-state index is 0.0149. The standard InChI is InChI=1S/C21H19BrINO2S2/c1-13(2)11-24-20(25)19(28-21(24)27)10-15-5-8-18(17(22)9-15)26-12-14-3-6-16(23)7-4-14/h3-10,13H,11-12H2,1-2H3/b19-10-. The van der Waals surface area contributed by atoms with Gasteiger partial charge in [0.1, 0.15) is 16.7 Å². The Kier molecular flexibility index (Phi) is 7.58. The van der Waals surface area contributed by atoms with Crippen molar-refractivity contribution in [1.82, 2.24) is 4.90 Å². The molecule has 0 radical (unpaired) electrons. The van der Waals surface area contributed by atoms with Crippen LogP contribution in [-0.4, -0.2) is 21.7 Å². The molecular formula is C21H19BrINO2S2. The van der Waals surface area contributed by atoms with Gasteiger partial charge in [0.05, 0.1) is 9.38 Å². The van der Waals surface area contributed by atoms with Gasteiger partial charge in [-0.05, 0) is 85.9 Å². The highest BCUT2D eigenvalue weighted by molar-refractivity contribution is 14.1. The van der Waals surface area contributed by atoms with Gasteiger partial charge in [0.25, 0.3) is 5.91 Å². The molecule has 1 amide bonds. The largest absolute Gasteiger partial charge is 0.488 e. The van der Waals surface area contributed by atoms with Crippen LogP contribution in [0.3, 0.4) is 0 Å². The maximum Gasteiger partial charge on any atom is 0.266 e. The molecular weight excluding hydrogens is 569 g/mol. The van der Waals surface area contributed by atoms with E-state index in [-0.39, 0.29) is 5.91 Å². The van der Waals surface area contributed by atoms with Crippen molar-refractivity contribution in [2.45, 2.75) is 20.5 Å². The second kappa shape index (κ2) is 9.73. The Morgan fingerprint density at radius 1 is 1.25 bits per heavy atom. The summed E-state index contributed by atoms with van der Waals surface area (Å²) in [6, 6.07) is 14.1. The summed E-state index contributed by atoms with van der Waals surface area (Å²) in [6.07, 6.45) is 1.88. The van der Waals surface area contributed by atoms with Crippen molar-refractivity contribution >= 4 is 78.8 Å². The number of amides is 1. The van der Waals surface area contributed by atoms with E-state index in [4.69, 9.17) is 17.0 Å². The number of halogens is 2. The van der Waals surface area contributed by atoms with Crippen LogP contribution < -0.4 is 4.74 Å². The summed E-state index contributed by atoms with van der Waals surface area (Å²) in [5, 5.41) is 0. The van der Waals surface area contributed by atoms with Crippen LogP contribution in [0, 0.1) is 9.49 Å². The molecule has 2 aromatic rings. The second-order valence-electron chi connectivity index (χ2n) is 6.79. The van der Waals surface area contributed by atoms with Crippen LogP contribution in [0.25, 0.3) is 6.08 Å². The quantitative estimate of drug-likeness (QED) is 0.219. The number of hydrogen-bond acceptors (Lipinski definition) is 4. The van der Waals surface area contributed by atoms with Gasteiger partial charge in [-0.2, -0.15) is 0 Å². The summed E-state index contributed by atoms with van der Waals surface area (Å²) < 4.78 is 8.59. The monoisotopic (exact) mass is 587 g/mol. The van der Waals surface area contributed by atoms with Crippen molar-refractivity contribution in [1.29, 1.82) is 0 Å². The van der Waals surface area contributed by atoms with Crippen molar-refractivity contribution < 1.29 is 9.53 Å². The molecule has 0 saturated carbocycles. The van der Waals surface area contributed by atoms with Gasteiger partial charge in [0.15, 0.2) is 0 Å². The van der Waals surface area contributed by atoms with Gasteiger partial charge < -0.3 is 4.74 Å². The minimum atomic E-state index is -0.0149. The normalized spacial score (nSPS) is 15.8. The number of benzene rings is 2.